The second-order valence-electron chi connectivity index (χ2n) is 5.02. The molecule has 2 heterocycles. The van der Waals surface area contributed by atoms with Crippen LogP contribution in [0.3, 0.4) is 0 Å². The number of benzene rings is 1. The number of carbonyl (C=O) groups excluding carboxylic acids is 1. The molecule has 0 radical (unpaired) electrons. The van der Waals surface area contributed by atoms with E-state index in [1.54, 1.807) is 19.1 Å². The summed E-state index contributed by atoms with van der Waals surface area (Å²) < 4.78 is 6.87. The average molecular weight is 329 g/mol. The molecule has 0 bridgehead atoms. The number of rotatable bonds is 4. The van der Waals surface area contributed by atoms with E-state index in [0.29, 0.717) is 16.4 Å². The largest absolute Gasteiger partial charge is 0.484 e. The van der Waals surface area contributed by atoms with Gasteiger partial charge in [0.25, 0.3) is 11.5 Å². The molecule has 118 valence electrons. The normalized spacial score (nSPS) is 10.7. The van der Waals surface area contributed by atoms with Crippen molar-refractivity contribution in [2.24, 2.45) is 0 Å². The molecule has 1 N–H and O–H groups in total. The van der Waals surface area contributed by atoms with Crippen LogP contribution in [0.2, 0.25) is 0 Å². The quantitative estimate of drug-likeness (QED) is 0.798. The fraction of sp³-hybridized carbons (Fsp3) is 0.188. The highest BCUT2D eigenvalue weighted by atomic mass is 32.1. The zero-order valence-electron chi connectivity index (χ0n) is 12.7. The van der Waals surface area contributed by atoms with Crippen molar-refractivity contribution < 1.29 is 9.53 Å². The lowest BCUT2D eigenvalue weighted by Gasteiger charge is -2.09. The SMILES string of the molecule is Cc1nc2scc(C)n2c(=O)c1NC(=O)COc1ccccc1. The van der Waals surface area contributed by atoms with Gasteiger partial charge in [0.15, 0.2) is 11.6 Å². The number of nitrogens with zero attached hydrogens (tertiary/aromatic N) is 2. The van der Waals surface area contributed by atoms with Crippen LogP contribution in [-0.4, -0.2) is 21.9 Å². The van der Waals surface area contributed by atoms with Crippen LogP contribution in [0.1, 0.15) is 11.4 Å². The maximum atomic E-state index is 12.5. The van der Waals surface area contributed by atoms with E-state index >= 15 is 0 Å². The van der Waals surface area contributed by atoms with Gasteiger partial charge in [-0.2, -0.15) is 0 Å². The van der Waals surface area contributed by atoms with Crippen molar-refractivity contribution >= 4 is 27.9 Å². The Labute approximate surface area is 136 Å². The molecular weight excluding hydrogens is 314 g/mol. The van der Waals surface area contributed by atoms with Gasteiger partial charge in [0.05, 0.1) is 5.69 Å². The highest BCUT2D eigenvalue weighted by molar-refractivity contribution is 7.15. The summed E-state index contributed by atoms with van der Waals surface area (Å²) in [5.41, 5.74) is 1.19. The number of hydrogen-bond donors (Lipinski definition) is 1. The summed E-state index contributed by atoms with van der Waals surface area (Å²) in [7, 11) is 0. The lowest BCUT2D eigenvalue weighted by molar-refractivity contribution is -0.118. The van der Waals surface area contributed by atoms with Crippen LogP contribution in [0.5, 0.6) is 5.75 Å². The standard InChI is InChI=1S/C16H15N3O3S/c1-10-9-23-16-17-11(2)14(15(21)19(10)16)18-13(20)8-22-12-6-4-3-5-7-12/h3-7,9H,8H2,1-2H3,(H,18,20). The Hall–Kier alpha value is -2.67. The third kappa shape index (κ3) is 3.09. The first-order valence-electron chi connectivity index (χ1n) is 7.01. The number of anilines is 1. The van der Waals surface area contributed by atoms with Gasteiger partial charge in [-0.05, 0) is 26.0 Å². The molecule has 1 amide bonds. The Bertz CT molecular complexity index is 915. The molecule has 0 saturated heterocycles. The smallest absolute Gasteiger partial charge is 0.282 e. The van der Waals surface area contributed by atoms with Crippen molar-refractivity contribution in [3.8, 4) is 5.75 Å². The molecule has 0 unspecified atom stereocenters. The third-order valence-corrected chi connectivity index (χ3v) is 4.24. The minimum atomic E-state index is -0.399. The number of aromatic nitrogens is 2. The summed E-state index contributed by atoms with van der Waals surface area (Å²) in [4.78, 5) is 29.5. The number of fused-ring (bicyclic) bond motifs is 1. The molecule has 7 heteroatoms. The fourth-order valence-electron chi connectivity index (χ4n) is 2.17. The first-order chi connectivity index (χ1) is 11.1. The Morgan fingerprint density at radius 2 is 2.04 bits per heavy atom. The first kappa shape index (κ1) is 15.2. The molecule has 0 spiro atoms. The van der Waals surface area contributed by atoms with Gasteiger partial charge in [0, 0.05) is 11.1 Å². The molecule has 6 nitrogen and oxygen atoms in total. The minimum Gasteiger partial charge on any atom is -0.484 e. The number of thiazole rings is 1. The molecule has 0 aliphatic heterocycles. The maximum absolute atomic E-state index is 12.5. The van der Waals surface area contributed by atoms with Gasteiger partial charge in [-0.15, -0.1) is 11.3 Å². The number of hydrogen-bond acceptors (Lipinski definition) is 5. The number of para-hydroxylation sites is 1. The average Bonchev–Trinajstić information content (AvgIpc) is 2.91. The van der Waals surface area contributed by atoms with E-state index in [2.05, 4.69) is 10.3 Å². The third-order valence-electron chi connectivity index (χ3n) is 3.30. The van der Waals surface area contributed by atoms with Gasteiger partial charge in [-0.3, -0.25) is 14.0 Å². The Morgan fingerprint density at radius 3 is 2.78 bits per heavy atom. The number of ether oxygens (including phenoxy) is 1. The predicted octanol–water partition coefficient (Wildman–Crippen LogP) is 2.39. The van der Waals surface area contributed by atoms with Gasteiger partial charge in [0.2, 0.25) is 0 Å². The van der Waals surface area contributed by atoms with E-state index in [9.17, 15) is 9.59 Å². The van der Waals surface area contributed by atoms with Crippen molar-refractivity contribution in [3.63, 3.8) is 0 Å². The first-order valence-corrected chi connectivity index (χ1v) is 7.89. The van der Waals surface area contributed by atoms with Crippen LogP contribution in [0.25, 0.3) is 4.96 Å². The summed E-state index contributed by atoms with van der Waals surface area (Å²) >= 11 is 1.39. The van der Waals surface area contributed by atoms with E-state index < -0.39 is 5.91 Å². The maximum Gasteiger partial charge on any atom is 0.282 e. The zero-order valence-corrected chi connectivity index (χ0v) is 13.5. The molecule has 0 atom stereocenters. The number of nitrogens with one attached hydrogen (secondary N) is 1. The zero-order chi connectivity index (χ0) is 16.4. The van der Waals surface area contributed by atoms with E-state index in [4.69, 9.17) is 4.74 Å². The Balaban J connectivity index is 1.79. The summed E-state index contributed by atoms with van der Waals surface area (Å²) in [5, 5.41) is 4.46. The van der Waals surface area contributed by atoms with E-state index in [1.165, 1.54) is 15.7 Å². The predicted molar refractivity (Wildman–Crippen MR) is 89.4 cm³/mol. The number of carbonyl (C=O) groups is 1. The van der Waals surface area contributed by atoms with E-state index in [1.807, 2.05) is 30.5 Å². The van der Waals surface area contributed by atoms with Gasteiger partial charge in [0.1, 0.15) is 11.4 Å². The number of amides is 1. The summed E-state index contributed by atoms with van der Waals surface area (Å²) in [6.45, 7) is 3.35. The van der Waals surface area contributed by atoms with Gasteiger partial charge >= 0.3 is 0 Å². The van der Waals surface area contributed by atoms with E-state index in [0.717, 1.165) is 5.69 Å². The molecule has 3 rings (SSSR count). The fourth-order valence-corrected chi connectivity index (χ4v) is 3.07. The second kappa shape index (κ2) is 6.21. The Kier molecular flexibility index (Phi) is 4.12. The molecule has 1 aromatic carbocycles. The highest BCUT2D eigenvalue weighted by Gasteiger charge is 2.15. The molecule has 2 aromatic heterocycles. The van der Waals surface area contributed by atoms with E-state index in [-0.39, 0.29) is 17.9 Å². The molecule has 0 aliphatic rings. The van der Waals surface area contributed by atoms with Crippen LogP contribution in [0, 0.1) is 13.8 Å². The monoisotopic (exact) mass is 329 g/mol. The topological polar surface area (TPSA) is 72.7 Å². The van der Waals surface area contributed by atoms with Crippen LogP contribution in [-0.2, 0) is 4.79 Å². The molecule has 23 heavy (non-hydrogen) atoms. The summed E-state index contributed by atoms with van der Waals surface area (Å²) in [6, 6.07) is 9.02. The van der Waals surface area contributed by atoms with Crippen molar-refractivity contribution in [3.05, 3.63) is 57.5 Å². The Morgan fingerprint density at radius 1 is 1.30 bits per heavy atom. The van der Waals surface area contributed by atoms with Gasteiger partial charge < -0.3 is 10.1 Å². The van der Waals surface area contributed by atoms with Crippen molar-refractivity contribution in [1.29, 1.82) is 0 Å². The summed E-state index contributed by atoms with van der Waals surface area (Å²) in [6.07, 6.45) is 0. The van der Waals surface area contributed by atoms with Crippen LogP contribution >= 0.6 is 11.3 Å². The second-order valence-corrected chi connectivity index (χ2v) is 5.86. The van der Waals surface area contributed by atoms with Crippen LogP contribution in [0.4, 0.5) is 5.69 Å². The molecule has 0 aliphatic carbocycles. The van der Waals surface area contributed by atoms with Crippen LogP contribution < -0.4 is 15.6 Å². The lowest BCUT2D eigenvalue weighted by atomic mass is 10.3. The number of aryl methyl sites for hydroxylation is 2. The highest BCUT2D eigenvalue weighted by Crippen LogP contribution is 2.16. The van der Waals surface area contributed by atoms with Crippen molar-refractivity contribution in [1.82, 2.24) is 9.38 Å². The molecular formula is C16H15N3O3S. The van der Waals surface area contributed by atoms with Crippen molar-refractivity contribution in [2.75, 3.05) is 11.9 Å². The van der Waals surface area contributed by atoms with Crippen LogP contribution in [0.15, 0.2) is 40.5 Å². The van der Waals surface area contributed by atoms with Gasteiger partial charge in [-0.1, -0.05) is 18.2 Å². The lowest BCUT2D eigenvalue weighted by Crippen LogP contribution is -2.27. The molecule has 3 aromatic rings. The minimum absolute atomic E-state index is 0.172. The molecule has 0 fully saturated rings. The van der Waals surface area contributed by atoms with Gasteiger partial charge in [-0.25, -0.2) is 4.98 Å². The summed E-state index contributed by atoms with van der Waals surface area (Å²) in [5.74, 6) is 0.196. The molecule has 0 saturated carbocycles. The van der Waals surface area contributed by atoms with Crippen molar-refractivity contribution in [2.45, 2.75) is 13.8 Å².